The molecular weight excluding hydrogens is 318 g/mol. The third kappa shape index (κ3) is 2.62. The Hall–Kier alpha value is -2.82. The molecule has 0 aromatic heterocycles. The predicted octanol–water partition coefficient (Wildman–Crippen LogP) is 5.47. The third-order valence-corrected chi connectivity index (χ3v) is 3.85. The van der Waals surface area contributed by atoms with Gasteiger partial charge in [-0.05, 0) is 24.6 Å². The number of aryl methyl sites for hydroxylation is 1. The van der Waals surface area contributed by atoms with E-state index in [1.54, 1.807) is 24.3 Å². The second-order valence-electron chi connectivity index (χ2n) is 5.48. The molecule has 0 heterocycles. The molecule has 0 radical (unpaired) electrons. The van der Waals surface area contributed by atoms with E-state index in [0.717, 1.165) is 17.7 Å². The first-order valence-electron chi connectivity index (χ1n) is 7.19. The normalized spacial score (nSPS) is 10.9. The number of nitrogen functional groups attached to an aromatic ring is 1. The lowest BCUT2D eigenvalue weighted by Crippen LogP contribution is -2.00. The quantitative estimate of drug-likeness (QED) is 0.489. The molecule has 0 atom stereocenters. The van der Waals surface area contributed by atoms with Gasteiger partial charge in [-0.1, -0.05) is 42.0 Å². The van der Waals surface area contributed by atoms with Gasteiger partial charge in [0.15, 0.2) is 23.3 Å². The summed E-state index contributed by atoms with van der Waals surface area (Å²) in [5, 5.41) is 0. The fraction of sp³-hybridized carbons (Fsp3) is 0.0526. The van der Waals surface area contributed by atoms with Crippen molar-refractivity contribution in [3.8, 4) is 22.3 Å². The number of hydrogen-bond donors (Lipinski definition) is 1. The molecule has 0 saturated heterocycles. The molecule has 0 aliphatic rings. The summed E-state index contributed by atoms with van der Waals surface area (Å²) in [7, 11) is 0. The van der Waals surface area contributed by atoms with Gasteiger partial charge in [0.05, 0.1) is 5.69 Å². The molecule has 0 aliphatic heterocycles. The molecule has 3 aromatic carbocycles. The first-order valence-corrected chi connectivity index (χ1v) is 7.19. The Morgan fingerprint density at radius 1 is 0.583 bits per heavy atom. The van der Waals surface area contributed by atoms with E-state index < -0.39 is 29.0 Å². The van der Waals surface area contributed by atoms with Crippen LogP contribution in [0.2, 0.25) is 0 Å². The monoisotopic (exact) mass is 331 g/mol. The minimum atomic E-state index is -1.31. The lowest BCUT2D eigenvalue weighted by atomic mass is 9.97. The van der Waals surface area contributed by atoms with Crippen LogP contribution in [-0.2, 0) is 0 Å². The van der Waals surface area contributed by atoms with E-state index >= 15 is 0 Å². The van der Waals surface area contributed by atoms with Crippen molar-refractivity contribution in [2.24, 2.45) is 0 Å². The second kappa shape index (κ2) is 6.00. The molecule has 3 aromatic rings. The van der Waals surface area contributed by atoms with E-state index in [4.69, 9.17) is 5.73 Å². The summed E-state index contributed by atoms with van der Waals surface area (Å²) in [5.41, 5.74) is 5.65. The molecule has 1 nitrogen and oxygen atoms in total. The van der Waals surface area contributed by atoms with Crippen LogP contribution in [0.3, 0.4) is 0 Å². The Bertz CT molecular complexity index is 918. The summed E-state index contributed by atoms with van der Waals surface area (Å²) in [6, 6.07) is 11.7. The molecule has 5 heteroatoms. The fourth-order valence-electron chi connectivity index (χ4n) is 2.49. The maximum absolute atomic E-state index is 14.4. The van der Waals surface area contributed by atoms with E-state index in [1.165, 1.54) is 12.1 Å². The van der Waals surface area contributed by atoms with Crippen molar-refractivity contribution >= 4 is 5.69 Å². The number of rotatable bonds is 2. The van der Waals surface area contributed by atoms with Gasteiger partial charge < -0.3 is 5.73 Å². The number of anilines is 1. The Balaban J connectivity index is 2.15. The van der Waals surface area contributed by atoms with Gasteiger partial charge in [-0.3, -0.25) is 0 Å². The third-order valence-electron chi connectivity index (χ3n) is 3.85. The van der Waals surface area contributed by atoms with Gasteiger partial charge in [-0.15, -0.1) is 0 Å². The van der Waals surface area contributed by atoms with Gasteiger partial charge in [-0.2, -0.15) is 0 Å². The van der Waals surface area contributed by atoms with Gasteiger partial charge in [0, 0.05) is 16.7 Å². The summed E-state index contributed by atoms with van der Waals surface area (Å²) in [5.74, 6) is -4.95. The summed E-state index contributed by atoms with van der Waals surface area (Å²) in [4.78, 5) is 0. The van der Waals surface area contributed by atoms with Gasteiger partial charge in [-0.25, -0.2) is 17.6 Å². The van der Waals surface area contributed by atoms with Crippen molar-refractivity contribution in [2.75, 3.05) is 5.73 Å². The zero-order valence-electron chi connectivity index (χ0n) is 12.7. The number of hydrogen-bond acceptors (Lipinski definition) is 1. The van der Waals surface area contributed by atoms with Gasteiger partial charge in [0.2, 0.25) is 0 Å². The highest BCUT2D eigenvalue weighted by Gasteiger charge is 2.20. The molecule has 24 heavy (non-hydrogen) atoms. The van der Waals surface area contributed by atoms with Crippen molar-refractivity contribution in [2.45, 2.75) is 6.92 Å². The summed E-state index contributed by atoms with van der Waals surface area (Å²) in [6.07, 6.45) is 0. The maximum Gasteiger partial charge on any atom is 0.182 e. The zero-order chi connectivity index (χ0) is 17.4. The smallest absolute Gasteiger partial charge is 0.182 e. The van der Waals surface area contributed by atoms with Crippen molar-refractivity contribution in [3.05, 3.63) is 77.4 Å². The Morgan fingerprint density at radius 3 is 1.67 bits per heavy atom. The lowest BCUT2D eigenvalue weighted by Gasteiger charge is -2.11. The summed E-state index contributed by atoms with van der Waals surface area (Å²) in [6.45, 7) is 1.88. The van der Waals surface area contributed by atoms with Crippen molar-refractivity contribution in [1.82, 2.24) is 0 Å². The van der Waals surface area contributed by atoms with Crippen LogP contribution in [0.1, 0.15) is 5.56 Å². The molecular formula is C19H13F4N. The molecule has 0 unspecified atom stereocenters. The molecule has 122 valence electrons. The highest BCUT2D eigenvalue weighted by Crippen LogP contribution is 2.34. The van der Waals surface area contributed by atoms with Crippen LogP contribution in [0.25, 0.3) is 22.3 Å². The van der Waals surface area contributed by atoms with Crippen LogP contribution in [-0.4, -0.2) is 0 Å². The van der Waals surface area contributed by atoms with Crippen molar-refractivity contribution in [1.29, 1.82) is 0 Å². The van der Waals surface area contributed by atoms with E-state index in [1.807, 2.05) is 6.92 Å². The molecule has 0 amide bonds. The Kier molecular flexibility index (Phi) is 4.01. The average Bonchev–Trinajstić information content (AvgIpc) is 2.57. The topological polar surface area (TPSA) is 26.0 Å². The highest BCUT2D eigenvalue weighted by molar-refractivity contribution is 5.73. The van der Waals surface area contributed by atoms with E-state index in [0.29, 0.717) is 5.56 Å². The van der Waals surface area contributed by atoms with E-state index in [9.17, 15) is 17.6 Å². The van der Waals surface area contributed by atoms with Gasteiger partial charge in [0.25, 0.3) is 0 Å². The maximum atomic E-state index is 14.4. The molecule has 0 fully saturated rings. The molecule has 0 aliphatic carbocycles. The average molecular weight is 331 g/mol. The zero-order valence-corrected chi connectivity index (χ0v) is 12.7. The first kappa shape index (κ1) is 16.1. The number of halogens is 4. The number of nitrogens with two attached hydrogens (primary N) is 1. The van der Waals surface area contributed by atoms with Crippen LogP contribution in [0.15, 0.2) is 48.5 Å². The van der Waals surface area contributed by atoms with Crippen LogP contribution in [0.5, 0.6) is 0 Å². The minimum Gasteiger partial charge on any atom is -0.396 e. The van der Waals surface area contributed by atoms with Gasteiger partial charge >= 0.3 is 0 Å². The van der Waals surface area contributed by atoms with Crippen molar-refractivity contribution in [3.63, 3.8) is 0 Å². The lowest BCUT2D eigenvalue weighted by molar-refractivity contribution is 0.504. The van der Waals surface area contributed by atoms with E-state index in [2.05, 4.69) is 0 Å². The fourth-order valence-corrected chi connectivity index (χ4v) is 2.49. The largest absolute Gasteiger partial charge is 0.396 e. The molecule has 0 bridgehead atoms. The summed E-state index contributed by atoms with van der Waals surface area (Å²) >= 11 is 0. The second-order valence-corrected chi connectivity index (χ2v) is 5.48. The molecule has 3 rings (SSSR count). The minimum absolute atomic E-state index is 0.0487. The molecule has 0 saturated carbocycles. The summed E-state index contributed by atoms with van der Waals surface area (Å²) < 4.78 is 56.4. The van der Waals surface area contributed by atoms with Gasteiger partial charge in [0.1, 0.15) is 0 Å². The van der Waals surface area contributed by atoms with Crippen LogP contribution in [0.4, 0.5) is 23.2 Å². The SMILES string of the molecule is Cc1ccc(-c2ccc(-c3ccc(N)c(F)c3F)c(F)c2F)cc1. The Morgan fingerprint density at radius 2 is 1.04 bits per heavy atom. The highest BCUT2D eigenvalue weighted by atomic mass is 19.2. The van der Waals surface area contributed by atoms with Crippen molar-refractivity contribution < 1.29 is 17.6 Å². The van der Waals surface area contributed by atoms with Crippen LogP contribution < -0.4 is 5.73 Å². The van der Waals surface area contributed by atoms with E-state index in [-0.39, 0.29) is 16.7 Å². The predicted molar refractivity (Wildman–Crippen MR) is 86.3 cm³/mol. The van der Waals surface area contributed by atoms with Crippen LogP contribution in [0, 0.1) is 30.2 Å². The first-order chi connectivity index (χ1) is 11.4. The molecule has 2 N–H and O–H groups in total. The Labute approximate surface area is 136 Å². The van der Waals surface area contributed by atoms with Crippen LogP contribution >= 0.6 is 0 Å². The number of benzene rings is 3. The molecule has 0 spiro atoms. The standard InChI is InChI=1S/C19H13F4N/c1-10-2-4-11(5-3-10)12-6-7-13(17(21)16(12)20)14-8-9-15(24)19(23)18(14)22/h2-9H,24H2,1H3.